The molecule has 0 radical (unpaired) electrons. The van der Waals surface area contributed by atoms with Crippen molar-refractivity contribution in [1.29, 1.82) is 0 Å². The Bertz CT molecular complexity index is 1230. The van der Waals surface area contributed by atoms with E-state index in [4.69, 9.17) is 0 Å². The van der Waals surface area contributed by atoms with Gasteiger partial charge in [0.1, 0.15) is 6.61 Å². The number of aldehydes is 1. The van der Waals surface area contributed by atoms with Gasteiger partial charge in [-0.15, -0.1) is 0 Å². The second kappa shape index (κ2) is 14.6. The largest absolute Gasteiger partial charge is 0.462 e. The van der Waals surface area contributed by atoms with Crippen molar-refractivity contribution >= 4 is 36.1 Å². The Labute approximate surface area is 255 Å². The summed E-state index contributed by atoms with van der Waals surface area (Å²) in [4.78, 5) is 69.5. The molecule has 0 aliphatic carbocycles. The minimum Gasteiger partial charge on any atom is -0.462 e. The van der Waals surface area contributed by atoms with Gasteiger partial charge in [-0.2, -0.15) is 65.9 Å². The minimum absolute atomic E-state index is 0.395. The summed E-state index contributed by atoms with van der Waals surface area (Å²) in [5.74, 6) is -60.9. The smallest absolute Gasteiger partial charge is 0.460 e. The average molecular weight is 744 g/mol. The molecule has 0 aromatic rings. The summed E-state index contributed by atoms with van der Waals surface area (Å²) in [5.41, 5.74) is 0. The molecule has 0 saturated carbocycles. The van der Waals surface area contributed by atoms with Crippen LogP contribution in [0.25, 0.3) is 0 Å². The fourth-order valence-electron chi connectivity index (χ4n) is 3.12. The van der Waals surface area contributed by atoms with E-state index in [1.54, 1.807) is 0 Å². The van der Waals surface area contributed by atoms with E-state index in [1.165, 1.54) is 0 Å². The van der Waals surface area contributed by atoms with E-state index in [0.29, 0.717) is 27.7 Å². The van der Waals surface area contributed by atoms with Crippen molar-refractivity contribution in [3.8, 4) is 0 Å². The van der Waals surface area contributed by atoms with Crippen LogP contribution in [-0.2, 0) is 52.5 Å². The van der Waals surface area contributed by atoms with Gasteiger partial charge in [0.2, 0.25) is 0 Å². The number of hydrogen-bond donors (Lipinski definition) is 0. The first-order valence-corrected chi connectivity index (χ1v) is 11.8. The van der Waals surface area contributed by atoms with E-state index < -0.39 is 109 Å². The predicted octanol–water partition coefficient (Wildman–Crippen LogP) is 3.83. The summed E-state index contributed by atoms with van der Waals surface area (Å²) < 4.78 is 225. The quantitative estimate of drug-likeness (QED) is 0.0983. The van der Waals surface area contributed by atoms with Gasteiger partial charge in [-0.25, -0.2) is 4.79 Å². The summed E-state index contributed by atoms with van der Waals surface area (Å²) in [6.07, 6.45) is -19.8. The average Bonchev–Trinajstić information content (AvgIpc) is 2.89. The van der Waals surface area contributed by atoms with Gasteiger partial charge in [0.05, 0.1) is 0 Å². The maximum atomic E-state index is 14.5. The summed E-state index contributed by atoms with van der Waals surface area (Å²) in [6, 6.07) is 0. The maximum absolute atomic E-state index is 14.5. The Morgan fingerprint density at radius 2 is 0.896 bits per heavy atom. The number of esters is 5. The molecule has 0 saturated heterocycles. The molecular formula is C22H19F15O11. The highest BCUT2D eigenvalue weighted by Gasteiger charge is 2.94. The molecule has 0 spiro atoms. The third-order valence-electron chi connectivity index (χ3n) is 5.35. The van der Waals surface area contributed by atoms with Crippen molar-refractivity contribution in [2.75, 3.05) is 6.61 Å². The van der Waals surface area contributed by atoms with Gasteiger partial charge in [-0.05, 0) is 0 Å². The third-order valence-corrected chi connectivity index (χ3v) is 5.35. The molecule has 0 N–H and O–H groups in total. The van der Waals surface area contributed by atoms with Crippen LogP contribution in [0.5, 0.6) is 0 Å². The van der Waals surface area contributed by atoms with Gasteiger partial charge in [0.25, 0.3) is 0 Å². The molecule has 11 nitrogen and oxygen atoms in total. The molecule has 0 fully saturated rings. The standard InChI is InChI=1S/C22H19F15O11/c1-7(39)44-6-12(14(47-10(4)42)13(46-9(3)41)11(5-38)45-8(2)40)48-15(43)16(23,24)17(25,26)18(27,28)19(29,30)20(31,32)21(33,34)22(35,36)37/h5,11-14H,6H2,1-4H3/t11-,12+,13+,14+/m0/s1. The highest BCUT2D eigenvalue weighted by molar-refractivity contribution is 5.80. The van der Waals surface area contributed by atoms with E-state index in [1.807, 2.05) is 0 Å². The molecule has 0 aromatic heterocycles. The summed E-state index contributed by atoms with van der Waals surface area (Å²) in [7, 11) is 0. The van der Waals surface area contributed by atoms with Gasteiger partial charge in [0.15, 0.2) is 30.7 Å². The van der Waals surface area contributed by atoms with Crippen molar-refractivity contribution in [3.05, 3.63) is 0 Å². The van der Waals surface area contributed by atoms with E-state index in [-0.39, 0.29) is 0 Å². The minimum atomic E-state index is -8.76. The van der Waals surface area contributed by atoms with Crippen molar-refractivity contribution < 1.29 is 118 Å². The molecule has 0 aliphatic heterocycles. The van der Waals surface area contributed by atoms with Gasteiger partial charge in [0, 0.05) is 27.7 Å². The van der Waals surface area contributed by atoms with E-state index >= 15 is 0 Å². The Kier molecular flexibility index (Phi) is 13.4. The Morgan fingerprint density at radius 1 is 0.521 bits per heavy atom. The Hall–Kier alpha value is -4.03. The molecule has 0 bridgehead atoms. The zero-order valence-electron chi connectivity index (χ0n) is 23.8. The number of hydrogen-bond acceptors (Lipinski definition) is 11. The van der Waals surface area contributed by atoms with Gasteiger partial charge in [-0.3, -0.25) is 24.0 Å². The number of halogens is 15. The molecule has 4 atom stereocenters. The summed E-state index contributed by atoms with van der Waals surface area (Å²) in [6.45, 7) is 0.0264. The van der Waals surface area contributed by atoms with Crippen LogP contribution in [-0.4, -0.2) is 109 Å². The SMILES string of the molecule is CC(=O)OC[C@@H](OC(=O)C(F)(F)C(F)(F)C(F)(F)C(F)(F)C(F)(F)C(F)(F)C(F)(F)F)[C@@H](OC(C)=O)[C@H](OC(C)=O)[C@H](C=O)OC(C)=O. The number of alkyl halides is 15. The van der Waals surface area contributed by atoms with Gasteiger partial charge in [-0.1, -0.05) is 0 Å². The molecule has 0 aliphatic rings. The molecular weight excluding hydrogens is 725 g/mol. The second-order valence-corrected chi connectivity index (χ2v) is 9.05. The molecule has 48 heavy (non-hydrogen) atoms. The molecule has 0 unspecified atom stereocenters. The van der Waals surface area contributed by atoms with Crippen LogP contribution >= 0.6 is 0 Å². The molecule has 278 valence electrons. The number of ether oxygens (including phenoxy) is 5. The lowest BCUT2D eigenvalue weighted by Crippen LogP contribution is -2.73. The van der Waals surface area contributed by atoms with Crippen LogP contribution in [0.15, 0.2) is 0 Å². The zero-order valence-corrected chi connectivity index (χ0v) is 23.8. The van der Waals surface area contributed by atoms with Crippen molar-refractivity contribution in [2.45, 2.75) is 93.8 Å². The van der Waals surface area contributed by atoms with Crippen molar-refractivity contribution in [1.82, 2.24) is 0 Å². The fourth-order valence-corrected chi connectivity index (χ4v) is 3.12. The highest BCUT2D eigenvalue weighted by Crippen LogP contribution is 2.62. The van der Waals surface area contributed by atoms with Gasteiger partial charge < -0.3 is 23.7 Å². The Morgan fingerprint density at radius 3 is 1.25 bits per heavy atom. The maximum Gasteiger partial charge on any atom is 0.460 e. The predicted molar refractivity (Wildman–Crippen MR) is 115 cm³/mol. The lowest BCUT2D eigenvalue weighted by molar-refractivity contribution is -0.450. The molecule has 0 amide bonds. The topological polar surface area (TPSA) is 149 Å². The van der Waals surface area contributed by atoms with Crippen LogP contribution in [0.4, 0.5) is 65.9 Å². The lowest BCUT2D eigenvalue weighted by atomic mass is 9.91. The Balaban J connectivity index is 7.26. The first-order chi connectivity index (χ1) is 21.2. The van der Waals surface area contributed by atoms with Crippen molar-refractivity contribution in [2.24, 2.45) is 0 Å². The van der Waals surface area contributed by atoms with Crippen LogP contribution < -0.4 is 0 Å². The van der Waals surface area contributed by atoms with E-state index in [2.05, 4.69) is 23.7 Å². The lowest BCUT2D eigenvalue weighted by Gasteiger charge is -2.41. The highest BCUT2D eigenvalue weighted by atomic mass is 19.4. The van der Waals surface area contributed by atoms with Crippen molar-refractivity contribution in [3.63, 3.8) is 0 Å². The first kappa shape index (κ1) is 44.0. The van der Waals surface area contributed by atoms with Crippen LogP contribution in [0.1, 0.15) is 27.7 Å². The zero-order chi connectivity index (χ0) is 38.6. The van der Waals surface area contributed by atoms with Gasteiger partial charge >= 0.3 is 71.6 Å². The van der Waals surface area contributed by atoms with Crippen LogP contribution in [0, 0.1) is 0 Å². The summed E-state index contributed by atoms with van der Waals surface area (Å²) >= 11 is 0. The summed E-state index contributed by atoms with van der Waals surface area (Å²) in [5, 5.41) is 0. The number of carbonyl (C=O) groups is 6. The number of rotatable bonds is 16. The normalized spacial score (nSPS) is 16.1. The molecule has 0 aromatic carbocycles. The van der Waals surface area contributed by atoms with Crippen LogP contribution in [0.2, 0.25) is 0 Å². The second-order valence-electron chi connectivity index (χ2n) is 9.05. The monoisotopic (exact) mass is 744 g/mol. The van der Waals surface area contributed by atoms with E-state index in [0.717, 1.165) is 0 Å². The molecule has 26 heteroatoms. The molecule has 0 heterocycles. The van der Waals surface area contributed by atoms with Crippen LogP contribution in [0.3, 0.4) is 0 Å². The third kappa shape index (κ3) is 8.51. The molecule has 0 rings (SSSR count). The van der Waals surface area contributed by atoms with E-state index in [9.17, 15) is 94.6 Å². The number of carbonyl (C=O) groups excluding carboxylic acids is 6. The first-order valence-electron chi connectivity index (χ1n) is 11.8. The fraction of sp³-hybridized carbons (Fsp3) is 0.727.